The molecule has 0 N–H and O–H groups in total. The minimum absolute atomic E-state index is 0.0423. The third-order valence-electron chi connectivity index (χ3n) is 4.70. The van der Waals surface area contributed by atoms with Gasteiger partial charge in [-0.25, -0.2) is 8.78 Å². The molecule has 8 heteroatoms. The summed E-state index contributed by atoms with van der Waals surface area (Å²) in [5.41, 5.74) is 0.707. The van der Waals surface area contributed by atoms with Crippen LogP contribution in [0.5, 0.6) is 5.75 Å². The number of carbonyl (C=O) groups excluding carboxylic acids is 1. The Hall–Kier alpha value is -3.29. The van der Waals surface area contributed by atoms with Gasteiger partial charge in [0.25, 0.3) is 5.91 Å². The second-order valence-corrected chi connectivity index (χ2v) is 6.50. The molecule has 1 atom stereocenters. The zero-order chi connectivity index (χ0) is 19.7. The molecule has 4 rings (SSSR count). The zero-order valence-corrected chi connectivity index (χ0v) is 15.1. The molecule has 0 radical (unpaired) electrons. The maximum absolute atomic E-state index is 13.5. The molecule has 1 saturated heterocycles. The third kappa shape index (κ3) is 3.45. The van der Waals surface area contributed by atoms with Crippen LogP contribution >= 0.6 is 0 Å². The minimum Gasteiger partial charge on any atom is -0.497 e. The Morgan fingerprint density at radius 2 is 1.89 bits per heavy atom. The first-order valence-corrected chi connectivity index (χ1v) is 8.80. The predicted octanol–water partition coefficient (Wildman–Crippen LogP) is 4.00. The predicted molar refractivity (Wildman–Crippen MR) is 95.7 cm³/mol. The Labute approximate surface area is 159 Å². The molecular formula is C20H17F2N3O3. The standard InChI is InChI=1S/C20H17F2N3O3/c1-27-16-6-4-12(5-7-16)18-23-19(28-24-18)17-3-2-8-25(17)20(26)13-9-14(21)11-15(22)10-13/h4-7,9-11,17H,2-3,8H2,1H3/t17-/m0/s1. The van der Waals surface area contributed by atoms with E-state index in [0.717, 1.165) is 30.2 Å². The highest BCUT2D eigenvalue weighted by molar-refractivity contribution is 5.94. The van der Waals surface area contributed by atoms with E-state index in [9.17, 15) is 13.6 Å². The molecule has 0 spiro atoms. The molecule has 3 aromatic rings. The molecule has 1 aromatic heterocycles. The fourth-order valence-electron chi connectivity index (χ4n) is 3.34. The quantitative estimate of drug-likeness (QED) is 0.679. The molecule has 2 heterocycles. The molecule has 28 heavy (non-hydrogen) atoms. The van der Waals surface area contributed by atoms with Gasteiger partial charge in [0, 0.05) is 23.7 Å². The van der Waals surface area contributed by atoms with Crippen LogP contribution in [0.3, 0.4) is 0 Å². The molecule has 144 valence electrons. The lowest BCUT2D eigenvalue weighted by Crippen LogP contribution is -2.30. The van der Waals surface area contributed by atoms with Gasteiger partial charge in [-0.3, -0.25) is 4.79 Å². The minimum atomic E-state index is -0.793. The van der Waals surface area contributed by atoms with Gasteiger partial charge in [-0.15, -0.1) is 0 Å². The first-order chi connectivity index (χ1) is 13.5. The molecule has 1 aliphatic rings. The van der Waals surface area contributed by atoms with E-state index in [1.54, 1.807) is 31.4 Å². The van der Waals surface area contributed by atoms with Gasteiger partial charge in [-0.2, -0.15) is 4.98 Å². The van der Waals surface area contributed by atoms with E-state index in [4.69, 9.17) is 9.26 Å². The lowest BCUT2D eigenvalue weighted by molar-refractivity contribution is 0.0709. The number of likely N-dealkylation sites (tertiary alicyclic amines) is 1. The Kier molecular flexibility index (Phi) is 4.77. The van der Waals surface area contributed by atoms with Crippen LogP contribution in [-0.4, -0.2) is 34.6 Å². The number of aromatic nitrogens is 2. The molecular weight excluding hydrogens is 368 g/mol. The summed E-state index contributed by atoms with van der Waals surface area (Å²) in [6.07, 6.45) is 1.36. The summed E-state index contributed by atoms with van der Waals surface area (Å²) in [6, 6.07) is 9.54. The summed E-state index contributed by atoms with van der Waals surface area (Å²) in [5, 5.41) is 4.00. The number of methoxy groups -OCH3 is 1. The summed E-state index contributed by atoms with van der Waals surface area (Å²) in [4.78, 5) is 18.7. The van der Waals surface area contributed by atoms with E-state index in [-0.39, 0.29) is 5.56 Å². The summed E-state index contributed by atoms with van der Waals surface area (Å²) in [6.45, 7) is 0.446. The smallest absolute Gasteiger partial charge is 0.254 e. The molecule has 0 aliphatic carbocycles. The van der Waals surface area contributed by atoms with Crippen LogP contribution in [0, 0.1) is 11.6 Å². The summed E-state index contributed by atoms with van der Waals surface area (Å²) < 4.78 is 37.5. The first kappa shape index (κ1) is 18.1. The van der Waals surface area contributed by atoms with E-state index >= 15 is 0 Å². The number of carbonyl (C=O) groups is 1. The van der Waals surface area contributed by atoms with Crippen molar-refractivity contribution >= 4 is 5.91 Å². The van der Waals surface area contributed by atoms with E-state index in [1.165, 1.54) is 4.90 Å². The van der Waals surface area contributed by atoms with Gasteiger partial charge < -0.3 is 14.2 Å². The van der Waals surface area contributed by atoms with Crippen LogP contribution in [0.25, 0.3) is 11.4 Å². The van der Waals surface area contributed by atoms with Crippen LogP contribution in [0.1, 0.15) is 35.1 Å². The Morgan fingerprint density at radius 1 is 1.18 bits per heavy atom. The van der Waals surface area contributed by atoms with Crippen LogP contribution in [0.15, 0.2) is 47.0 Å². The van der Waals surface area contributed by atoms with Crippen molar-refractivity contribution in [2.75, 3.05) is 13.7 Å². The number of benzene rings is 2. The zero-order valence-electron chi connectivity index (χ0n) is 15.1. The SMILES string of the molecule is COc1ccc(-c2noc([C@@H]3CCCN3C(=O)c3cc(F)cc(F)c3)n2)cc1. The van der Waals surface area contributed by atoms with E-state index in [2.05, 4.69) is 10.1 Å². The Morgan fingerprint density at radius 3 is 2.57 bits per heavy atom. The van der Waals surface area contributed by atoms with Gasteiger partial charge in [-0.1, -0.05) is 5.16 Å². The number of hydrogen-bond donors (Lipinski definition) is 0. The third-order valence-corrected chi connectivity index (χ3v) is 4.70. The maximum Gasteiger partial charge on any atom is 0.254 e. The monoisotopic (exact) mass is 385 g/mol. The molecule has 6 nitrogen and oxygen atoms in total. The topological polar surface area (TPSA) is 68.5 Å². The molecule has 1 aliphatic heterocycles. The van der Waals surface area contributed by atoms with Crippen molar-refractivity contribution in [3.05, 3.63) is 65.6 Å². The van der Waals surface area contributed by atoms with E-state index in [0.29, 0.717) is 30.4 Å². The van der Waals surface area contributed by atoms with Gasteiger partial charge in [0.05, 0.1) is 7.11 Å². The number of nitrogens with zero attached hydrogens (tertiary/aromatic N) is 3. The summed E-state index contributed by atoms with van der Waals surface area (Å²) in [7, 11) is 1.58. The molecule has 0 saturated carbocycles. The van der Waals surface area contributed by atoms with Crippen molar-refractivity contribution in [3.8, 4) is 17.1 Å². The average molecular weight is 385 g/mol. The first-order valence-electron chi connectivity index (χ1n) is 8.80. The maximum atomic E-state index is 13.5. The molecule has 0 unspecified atom stereocenters. The van der Waals surface area contributed by atoms with Crippen LogP contribution in [0.4, 0.5) is 8.78 Å². The molecule has 2 aromatic carbocycles. The van der Waals surface area contributed by atoms with E-state index < -0.39 is 23.6 Å². The number of hydrogen-bond acceptors (Lipinski definition) is 5. The fourth-order valence-corrected chi connectivity index (χ4v) is 3.34. The summed E-state index contributed by atoms with van der Waals surface area (Å²) >= 11 is 0. The van der Waals surface area contributed by atoms with Crippen molar-refractivity contribution in [1.29, 1.82) is 0 Å². The van der Waals surface area contributed by atoms with Crippen molar-refractivity contribution in [2.45, 2.75) is 18.9 Å². The summed E-state index contributed by atoms with van der Waals surface area (Å²) in [5.74, 6) is -0.646. The van der Waals surface area contributed by atoms with Crippen LogP contribution < -0.4 is 4.74 Å². The highest BCUT2D eigenvalue weighted by Crippen LogP contribution is 2.33. The van der Waals surface area contributed by atoms with Crippen LogP contribution in [0.2, 0.25) is 0 Å². The number of ether oxygens (including phenoxy) is 1. The molecule has 1 fully saturated rings. The van der Waals surface area contributed by atoms with Crippen molar-refractivity contribution in [2.24, 2.45) is 0 Å². The van der Waals surface area contributed by atoms with E-state index in [1.807, 2.05) is 0 Å². The van der Waals surface area contributed by atoms with Crippen molar-refractivity contribution in [3.63, 3.8) is 0 Å². The molecule has 1 amide bonds. The Balaban J connectivity index is 1.58. The largest absolute Gasteiger partial charge is 0.497 e. The number of amides is 1. The average Bonchev–Trinajstić information content (AvgIpc) is 3.36. The normalized spacial score (nSPS) is 16.4. The number of halogens is 2. The molecule has 0 bridgehead atoms. The number of rotatable bonds is 4. The van der Waals surface area contributed by atoms with Gasteiger partial charge in [-0.05, 0) is 49.2 Å². The highest BCUT2D eigenvalue weighted by Gasteiger charge is 2.35. The lowest BCUT2D eigenvalue weighted by Gasteiger charge is -2.22. The van der Waals surface area contributed by atoms with Gasteiger partial charge in [0.2, 0.25) is 11.7 Å². The van der Waals surface area contributed by atoms with Gasteiger partial charge >= 0.3 is 0 Å². The van der Waals surface area contributed by atoms with Crippen LogP contribution in [-0.2, 0) is 0 Å². The fraction of sp³-hybridized carbons (Fsp3) is 0.250. The Bertz CT molecular complexity index is 984. The second kappa shape index (κ2) is 7.38. The van der Waals surface area contributed by atoms with Gasteiger partial charge in [0.1, 0.15) is 23.4 Å². The van der Waals surface area contributed by atoms with Gasteiger partial charge in [0.15, 0.2) is 0 Å². The van der Waals surface area contributed by atoms with Crippen molar-refractivity contribution < 1.29 is 22.8 Å². The van der Waals surface area contributed by atoms with Crippen molar-refractivity contribution in [1.82, 2.24) is 15.0 Å². The second-order valence-electron chi connectivity index (χ2n) is 6.50. The highest BCUT2D eigenvalue weighted by atomic mass is 19.1. The lowest BCUT2D eigenvalue weighted by atomic mass is 10.1.